The highest BCUT2D eigenvalue weighted by atomic mass is 127. The van der Waals surface area contributed by atoms with Crippen molar-refractivity contribution in [3.05, 3.63) is 69.4 Å². The van der Waals surface area contributed by atoms with E-state index in [1.807, 2.05) is 48.7 Å². The van der Waals surface area contributed by atoms with Gasteiger partial charge in [-0.15, -0.1) is 0 Å². The maximum atomic E-state index is 13.2. The molecule has 0 bridgehead atoms. The molecule has 3 aromatic rings. The number of carbonyl (C=O) groups is 1. The highest BCUT2D eigenvalue weighted by molar-refractivity contribution is 14.1. The lowest BCUT2D eigenvalue weighted by Gasteiger charge is -2.32. The monoisotopic (exact) mass is 460 g/mol. The van der Waals surface area contributed by atoms with Crippen LogP contribution in [0.4, 0.5) is 0 Å². The SMILES string of the molecule is CN1CCOCC1Cn1cc(C(=O)c2ccccc2I)c2ccccc21. The minimum absolute atomic E-state index is 0.0817. The van der Waals surface area contributed by atoms with Gasteiger partial charge in [0.25, 0.3) is 0 Å². The van der Waals surface area contributed by atoms with Crippen molar-refractivity contribution in [3.63, 3.8) is 0 Å². The largest absolute Gasteiger partial charge is 0.378 e. The highest BCUT2D eigenvalue weighted by Crippen LogP contribution is 2.26. The van der Waals surface area contributed by atoms with Gasteiger partial charge in [0.05, 0.1) is 19.3 Å². The van der Waals surface area contributed by atoms with Gasteiger partial charge in [-0.3, -0.25) is 9.69 Å². The molecule has 2 heterocycles. The molecule has 26 heavy (non-hydrogen) atoms. The van der Waals surface area contributed by atoms with Crippen LogP contribution in [0, 0.1) is 3.57 Å². The van der Waals surface area contributed by atoms with Gasteiger partial charge >= 0.3 is 0 Å². The summed E-state index contributed by atoms with van der Waals surface area (Å²) in [4.78, 5) is 15.5. The van der Waals surface area contributed by atoms with E-state index < -0.39 is 0 Å². The van der Waals surface area contributed by atoms with Gasteiger partial charge in [0.15, 0.2) is 5.78 Å². The average Bonchev–Trinajstić information content (AvgIpc) is 3.02. The predicted molar refractivity (Wildman–Crippen MR) is 112 cm³/mol. The molecule has 0 radical (unpaired) electrons. The number of halogens is 1. The number of ketones is 1. The molecule has 1 unspecified atom stereocenters. The molecular formula is C21H21IN2O2. The van der Waals surface area contributed by atoms with Gasteiger partial charge in [0, 0.05) is 44.9 Å². The molecule has 0 N–H and O–H groups in total. The summed E-state index contributed by atoms with van der Waals surface area (Å²) in [6, 6.07) is 16.2. The lowest BCUT2D eigenvalue weighted by atomic mass is 10.0. The zero-order chi connectivity index (χ0) is 18.1. The fraction of sp³-hybridized carbons (Fsp3) is 0.286. The van der Waals surface area contributed by atoms with E-state index in [1.54, 1.807) is 0 Å². The second-order valence-electron chi connectivity index (χ2n) is 6.73. The summed E-state index contributed by atoms with van der Waals surface area (Å²) in [7, 11) is 2.14. The minimum atomic E-state index is 0.0817. The molecule has 1 aliphatic rings. The Morgan fingerprint density at radius 3 is 2.73 bits per heavy atom. The van der Waals surface area contributed by atoms with Gasteiger partial charge in [-0.1, -0.05) is 30.3 Å². The lowest BCUT2D eigenvalue weighted by molar-refractivity contribution is 0.000232. The van der Waals surface area contributed by atoms with Crippen molar-refractivity contribution in [2.45, 2.75) is 12.6 Å². The summed E-state index contributed by atoms with van der Waals surface area (Å²) in [6.45, 7) is 3.27. The molecule has 0 aliphatic carbocycles. The fourth-order valence-corrected chi connectivity index (χ4v) is 4.16. The van der Waals surface area contributed by atoms with Gasteiger partial charge in [-0.05, 0) is 47.8 Å². The standard InChI is InChI=1S/C21H21IN2O2/c1-23-10-11-26-14-15(23)12-24-13-18(16-6-3-5-9-20(16)24)21(25)17-7-2-4-8-19(17)22/h2-9,13,15H,10-12,14H2,1H3. The summed E-state index contributed by atoms with van der Waals surface area (Å²) in [5.74, 6) is 0.0817. The number of fused-ring (bicyclic) bond motifs is 1. The van der Waals surface area contributed by atoms with Crippen LogP contribution in [0.5, 0.6) is 0 Å². The Hall–Kier alpha value is -1.70. The predicted octanol–water partition coefficient (Wildman–Crippen LogP) is 3.81. The van der Waals surface area contributed by atoms with Crippen LogP contribution in [0.1, 0.15) is 15.9 Å². The van der Waals surface area contributed by atoms with Crippen molar-refractivity contribution in [1.82, 2.24) is 9.47 Å². The van der Waals surface area contributed by atoms with Crippen molar-refractivity contribution in [1.29, 1.82) is 0 Å². The molecule has 0 amide bonds. The maximum absolute atomic E-state index is 13.2. The normalized spacial score (nSPS) is 18.3. The Labute approximate surface area is 166 Å². The number of rotatable bonds is 4. The van der Waals surface area contributed by atoms with E-state index in [-0.39, 0.29) is 5.78 Å². The van der Waals surface area contributed by atoms with Crippen LogP contribution >= 0.6 is 22.6 Å². The van der Waals surface area contributed by atoms with Gasteiger partial charge in [-0.25, -0.2) is 0 Å². The molecule has 5 heteroatoms. The van der Waals surface area contributed by atoms with E-state index in [1.165, 1.54) is 0 Å². The van der Waals surface area contributed by atoms with Crippen molar-refractivity contribution in [2.75, 3.05) is 26.8 Å². The van der Waals surface area contributed by atoms with Crippen LogP contribution in [0.15, 0.2) is 54.7 Å². The van der Waals surface area contributed by atoms with Crippen LogP contribution in [0.25, 0.3) is 10.9 Å². The molecule has 1 fully saturated rings. The summed E-state index contributed by atoms with van der Waals surface area (Å²) >= 11 is 2.23. The maximum Gasteiger partial charge on any atom is 0.196 e. The third kappa shape index (κ3) is 3.31. The Morgan fingerprint density at radius 2 is 1.92 bits per heavy atom. The summed E-state index contributed by atoms with van der Waals surface area (Å²) in [6.07, 6.45) is 2.01. The average molecular weight is 460 g/mol. The summed E-state index contributed by atoms with van der Waals surface area (Å²) in [5.41, 5.74) is 2.62. The van der Waals surface area contributed by atoms with E-state index in [4.69, 9.17) is 4.74 Å². The number of likely N-dealkylation sites (N-methyl/N-ethyl adjacent to an activating group) is 1. The number of aromatic nitrogens is 1. The van der Waals surface area contributed by atoms with E-state index in [9.17, 15) is 4.79 Å². The van der Waals surface area contributed by atoms with E-state index in [2.05, 4.69) is 45.2 Å². The number of hydrogen-bond donors (Lipinski definition) is 0. The number of carbonyl (C=O) groups excluding carboxylic acids is 1. The van der Waals surface area contributed by atoms with E-state index in [0.717, 1.165) is 51.9 Å². The lowest BCUT2D eigenvalue weighted by Crippen LogP contribution is -2.45. The molecule has 4 nitrogen and oxygen atoms in total. The van der Waals surface area contributed by atoms with Crippen molar-refractivity contribution in [3.8, 4) is 0 Å². The zero-order valence-corrected chi connectivity index (χ0v) is 16.8. The van der Waals surface area contributed by atoms with Crippen LogP contribution in [0.3, 0.4) is 0 Å². The molecule has 1 atom stereocenters. The molecule has 2 aromatic carbocycles. The molecule has 1 aliphatic heterocycles. The van der Waals surface area contributed by atoms with Crippen molar-refractivity contribution < 1.29 is 9.53 Å². The van der Waals surface area contributed by atoms with Crippen LogP contribution in [-0.2, 0) is 11.3 Å². The molecule has 1 aromatic heterocycles. The third-order valence-corrected chi connectivity index (χ3v) is 6.02. The quantitative estimate of drug-likeness (QED) is 0.439. The second-order valence-corrected chi connectivity index (χ2v) is 7.89. The molecular weight excluding hydrogens is 439 g/mol. The fourth-order valence-electron chi connectivity index (χ4n) is 3.53. The third-order valence-electron chi connectivity index (χ3n) is 5.08. The highest BCUT2D eigenvalue weighted by Gasteiger charge is 2.23. The van der Waals surface area contributed by atoms with Crippen molar-refractivity contribution >= 4 is 39.3 Å². The smallest absolute Gasteiger partial charge is 0.196 e. The molecule has 0 spiro atoms. The molecule has 1 saturated heterocycles. The topological polar surface area (TPSA) is 34.5 Å². The Morgan fingerprint density at radius 1 is 1.15 bits per heavy atom. The molecule has 4 rings (SSSR count). The van der Waals surface area contributed by atoms with Gasteiger partial charge in [0.2, 0.25) is 0 Å². The first-order valence-electron chi connectivity index (χ1n) is 8.80. The Balaban J connectivity index is 1.74. The van der Waals surface area contributed by atoms with Gasteiger partial charge < -0.3 is 9.30 Å². The van der Waals surface area contributed by atoms with Crippen LogP contribution in [0.2, 0.25) is 0 Å². The minimum Gasteiger partial charge on any atom is -0.378 e. The first-order valence-corrected chi connectivity index (χ1v) is 9.88. The van der Waals surface area contributed by atoms with Gasteiger partial charge in [0.1, 0.15) is 0 Å². The van der Waals surface area contributed by atoms with E-state index >= 15 is 0 Å². The summed E-state index contributed by atoms with van der Waals surface area (Å²) in [5, 5.41) is 1.01. The number of benzene rings is 2. The van der Waals surface area contributed by atoms with Crippen LogP contribution in [-0.4, -0.2) is 48.1 Å². The second kappa shape index (κ2) is 7.50. The Kier molecular flexibility index (Phi) is 5.11. The summed E-state index contributed by atoms with van der Waals surface area (Å²) < 4.78 is 8.83. The van der Waals surface area contributed by atoms with E-state index in [0.29, 0.717) is 6.04 Å². The van der Waals surface area contributed by atoms with Crippen LogP contribution < -0.4 is 0 Å². The number of hydrogen-bond acceptors (Lipinski definition) is 3. The number of para-hydroxylation sites is 1. The zero-order valence-electron chi connectivity index (χ0n) is 14.7. The molecule has 0 saturated carbocycles. The first-order chi connectivity index (χ1) is 12.6. The first kappa shape index (κ1) is 17.7. The van der Waals surface area contributed by atoms with Gasteiger partial charge in [-0.2, -0.15) is 0 Å². The number of morpholine rings is 1. The number of ether oxygens (including phenoxy) is 1. The molecule has 134 valence electrons. The Bertz CT molecular complexity index is 950. The van der Waals surface area contributed by atoms with Crippen molar-refractivity contribution in [2.24, 2.45) is 0 Å². The number of nitrogens with zero attached hydrogens (tertiary/aromatic N) is 2.